The molecule has 2 N–H and O–H groups in total. The van der Waals surface area contributed by atoms with Crippen LogP contribution in [0.5, 0.6) is 0 Å². The summed E-state index contributed by atoms with van der Waals surface area (Å²) in [4.78, 5) is 0. The maximum absolute atomic E-state index is 6.95. The summed E-state index contributed by atoms with van der Waals surface area (Å²) < 4.78 is 0. The molecule has 0 heterocycles. The Kier molecular flexibility index (Phi) is 5.46. The van der Waals surface area contributed by atoms with Gasteiger partial charge in [-0.15, -0.1) is 0 Å². The highest BCUT2D eigenvalue weighted by Crippen LogP contribution is 2.68. The van der Waals surface area contributed by atoms with Crippen LogP contribution in [0.15, 0.2) is 0 Å². The molecule has 0 radical (unpaired) electrons. The van der Waals surface area contributed by atoms with Gasteiger partial charge in [0.1, 0.15) is 0 Å². The highest BCUT2D eigenvalue weighted by molar-refractivity contribution is 5.15. The Labute approximate surface area is 145 Å². The third-order valence-electron chi connectivity index (χ3n) is 7.46. The Morgan fingerprint density at radius 2 is 1.22 bits per heavy atom. The number of rotatable bonds is 10. The van der Waals surface area contributed by atoms with Gasteiger partial charge in [0.25, 0.3) is 0 Å². The summed E-state index contributed by atoms with van der Waals surface area (Å²) in [5.74, 6) is 0.966. The first-order chi connectivity index (χ1) is 11.0. The van der Waals surface area contributed by atoms with Crippen LogP contribution in [0.25, 0.3) is 0 Å². The molecule has 23 heavy (non-hydrogen) atoms. The largest absolute Gasteiger partial charge is 0.325 e. The molecule has 4 fully saturated rings. The molecular formula is C22H41N. The lowest BCUT2D eigenvalue weighted by Crippen LogP contribution is -2.63. The lowest BCUT2D eigenvalue weighted by Gasteiger charge is -2.66. The second kappa shape index (κ2) is 7.06. The van der Waals surface area contributed by atoms with Crippen LogP contribution >= 0.6 is 0 Å². The molecule has 1 heteroatoms. The first kappa shape index (κ1) is 17.8. The molecule has 134 valence electrons. The Balaban J connectivity index is 1.63. The van der Waals surface area contributed by atoms with E-state index in [4.69, 9.17) is 5.73 Å². The third-order valence-corrected chi connectivity index (χ3v) is 7.46. The van der Waals surface area contributed by atoms with E-state index in [0.717, 1.165) is 5.92 Å². The molecule has 1 nitrogen and oxygen atoms in total. The maximum atomic E-state index is 6.95. The highest BCUT2D eigenvalue weighted by Gasteiger charge is 2.61. The predicted molar refractivity (Wildman–Crippen MR) is 100 cm³/mol. The van der Waals surface area contributed by atoms with E-state index in [0.29, 0.717) is 10.8 Å². The van der Waals surface area contributed by atoms with Crippen LogP contribution in [-0.4, -0.2) is 5.54 Å². The van der Waals surface area contributed by atoms with Crippen molar-refractivity contribution in [3.8, 4) is 0 Å². The predicted octanol–water partition coefficient (Wildman–Crippen LogP) is 6.60. The number of hydrogen-bond donors (Lipinski definition) is 1. The molecule has 4 saturated carbocycles. The van der Waals surface area contributed by atoms with Crippen molar-refractivity contribution in [1.29, 1.82) is 0 Å². The van der Waals surface area contributed by atoms with Gasteiger partial charge in [-0.25, -0.2) is 0 Å². The molecule has 0 spiro atoms. The van der Waals surface area contributed by atoms with E-state index in [9.17, 15) is 0 Å². The quantitative estimate of drug-likeness (QED) is 0.451. The smallest absolute Gasteiger partial charge is 0.0167 e. The molecule has 4 aliphatic rings. The molecule has 0 saturated heterocycles. The zero-order valence-corrected chi connectivity index (χ0v) is 16.0. The molecule has 0 aromatic heterocycles. The van der Waals surface area contributed by atoms with Gasteiger partial charge in [-0.1, -0.05) is 65.2 Å². The van der Waals surface area contributed by atoms with E-state index in [2.05, 4.69) is 13.8 Å². The molecular weight excluding hydrogens is 278 g/mol. The highest BCUT2D eigenvalue weighted by atomic mass is 14.8. The second-order valence-corrected chi connectivity index (χ2v) is 9.99. The van der Waals surface area contributed by atoms with Gasteiger partial charge in [0.05, 0.1) is 0 Å². The lowest BCUT2D eigenvalue weighted by atomic mass is 9.40. The fourth-order valence-corrected chi connectivity index (χ4v) is 7.34. The van der Waals surface area contributed by atoms with Crippen molar-refractivity contribution in [3.05, 3.63) is 0 Å². The summed E-state index contributed by atoms with van der Waals surface area (Å²) in [5, 5.41) is 0. The van der Waals surface area contributed by atoms with Crippen LogP contribution in [0.4, 0.5) is 0 Å². The number of hydrogen-bond acceptors (Lipinski definition) is 1. The van der Waals surface area contributed by atoms with E-state index in [1.165, 1.54) is 103 Å². The maximum Gasteiger partial charge on any atom is 0.0167 e. The summed E-state index contributed by atoms with van der Waals surface area (Å²) in [7, 11) is 0. The van der Waals surface area contributed by atoms with E-state index < -0.39 is 0 Å². The van der Waals surface area contributed by atoms with Crippen LogP contribution < -0.4 is 5.73 Å². The van der Waals surface area contributed by atoms with Crippen molar-refractivity contribution >= 4 is 0 Å². The average Bonchev–Trinajstić information content (AvgIpc) is 2.46. The van der Waals surface area contributed by atoms with Crippen molar-refractivity contribution < 1.29 is 0 Å². The molecule has 4 rings (SSSR count). The van der Waals surface area contributed by atoms with Crippen LogP contribution in [0, 0.1) is 16.7 Å². The average molecular weight is 320 g/mol. The van der Waals surface area contributed by atoms with Gasteiger partial charge in [-0.3, -0.25) is 0 Å². The van der Waals surface area contributed by atoms with Crippen LogP contribution in [0.2, 0.25) is 0 Å². The Morgan fingerprint density at radius 1 is 0.696 bits per heavy atom. The summed E-state index contributed by atoms with van der Waals surface area (Å²) >= 11 is 0. The summed E-state index contributed by atoms with van der Waals surface area (Å²) in [6.07, 6.45) is 23.0. The normalized spacial score (nSPS) is 41.6. The van der Waals surface area contributed by atoms with Crippen molar-refractivity contribution in [2.75, 3.05) is 0 Å². The minimum Gasteiger partial charge on any atom is -0.325 e. The minimum absolute atomic E-state index is 0.217. The molecule has 2 unspecified atom stereocenters. The van der Waals surface area contributed by atoms with Crippen molar-refractivity contribution in [2.24, 2.45) is 22.5 Å². The van der Waals surface area contributed by atoms with Gasteiger partial charge < -0.3 is 5.73 Å². The fourth-order valence-electron chi connectivity index (χ4n) is 7.34. The minimum atomic E-state index is 0.217. The molecule has 0 aliphatic heterocycles. The molecule has 0 aromatic carbocycles. The lowest BCUT2D eigenvalue weighted by molar-refractivity contribution is -0.129. The van der Waals surface area contributed by atoms with Gasteiger partial charge in [0.2, 0.25) is 0 Å². The Hall–Kier alpha value is -0.0400. The van der Waals surface area contributed by atoms with E-state index >= 15 is 0 Å². The molecule has 2 atom stereocenters. The van der Waals surface area contributed by atoms with Gasteiger partial charge in [-0.2, -0.15) is 0 Å². The fraction of sp³-hybridized carbons (Fsp3) is 1.00. The Bertz CT molecular complexity index is 359. The van der Waals surface area contributed by atoms with Gasteiger partial charge in [0.15, 0.2) is 0 Å². The van der Waals surface area contributed by atoms with Crippen molar-refractivity contribution in [3.63, 3.8) is 0 Å². The zero-order valence-electron chi connectivity index (χ0n) is 16.0. The molecule has 0 amide bonds. The topological polar surface area (TPSA) is 26.0 Å². The molecule has 4 aliphatic carbocycles. The molecule has 4 bridgehead atoms. The number of unbranched alkanes of at least 4 members (excludes halogenated alkanes) is 6. The van der Waals surface area contributed by atoms with E-state index in [1.54, 1.807) is 0 Å². The van der Waals surface area contributed by atoms with Gasteiger partial charge in [0, 0.05) is 5.54 Å². The van der Waals surface area contributed by atoms with Crippen LogP contribution in [0.3, 0.4) is 0 Å². The van der Waals surface area contributed by atoms with Crippen molar-refractivity contribution in [1.82, 2.24) is 0 Å². The van der Waals surface area contributed by atoms with Crippen molar-refractivity contribution in [2.45, 2.75) is 122 Å². The van der Waals surface area contributed by atoms with Gasteiger partial charge in [-0.05, 0) is 68.1 Å². The first-order valence-corrected chi connectivity index (χ1v) is 10.8. The summed E-state index contributed by atoms with van der Waals surface area (Å²) in [6.45, 7) is 4.65. The van der Waals surface area contributed by atoms with E-state index in [-0.39, 0.29) is 5.54 Å². The SMILES string of the molecule is CCCCCCC12CC3CC(N)(C1)CC(CCCCCC)(C3)C2. The zero-order chi connectivity index (χ0) is 16.4. The summed E-state index contributed by atoms with van der Waals surface area (Å²) in [5.41, 5.74) is 8.46. The number of nitrogens with two attached hydrogens (primary N) is 1. The van der Waals surface area contributed by atoms with Gasteiger partial charge >= 0.3 is 0 Å². The monoisotopic (exact) mass is 319 g/mol. The standard InChI is InChI=1S/C22H41N/c1-3-5-7-9-11-20-13-19-14-21(16-20,12-10-8-6-4-2)18-22(23,15-19)17-20/h19H,3-18,23H2,1-2H3. The first-order valence-electron chi connectivity index (χ1n) is 10.8. The third kappa shape index (κ3) is 3.97. The second-order valence-electron chi connectivity index (χ2n) is 9.99. The Morgan fingerprint density at radius 3 is 1.65 bits per heavy atom. The summed E-state index contributed by atoms with van der Waals surface area (Å²) in [6, 6.07) is 0. The van der Waals surface area contributed by atoms with Crippen LogP contribution in [0.1, 0.15) is 117 Å². The molecule has 0 aromatic rings. The van der Waals surface area contributed by atoms with Crippen LogP contribution in [-0.2, 0) is 0 Å². The van der Waals surface area contributed by atoms with E-state index in [1.807, 2.05) is 0 Å².